The Morgan fingerprint density at radius 2 is 1.65 bits per heavy atom. The summed E-state index contributed by atoms with van der Waals surface area (Å²) in [5.41, 5.74) is 1.48. The Morgan fingerprint density at radius 1 is 1.05 bits per heavy atom. The molecule has 2 aliphatic heterocycles. The van der Waals surface area contributed by atoms with Crippen LogP contribution in [0, 0.1) is 5.92 Å². The van der Waals surface area contributed by atoms with E-state index in [9.17, 15) is 0 Å². The Labute approximate surface area is 127 Å². The molecule has 1 atom stereocenters. The van der Waals surface area contributed by atoms with Crippen molar-refractivity contribution < 1.29 is 0 Å². The molecule has 0 saturated carbocycles. The van der Waals surface area contributed by atoms with Crippen LogP contribution in [-0.4, -0.2) is 6.71 Å². The summed E-state index contributed by atoms with van der Waals surface area (Å²) < 4.78 is 0. The molecule has 114 valence electrons. The zero-order chi connectivity index (χ0) is 14.4. The molecule has 0 radical (unpaired) electrons. The molecule has 1 unspecified atom stereocenters. The quantitative estimate of drug-likeness (QED) is 0.355. The average molecular weight is 274 g/mol. The van der Waals surface area contributed by atoms with Crippen molar-refractivity contribution in [3.63, 3.8) is 0 Å². The number of hydrogen-bond donors (Lipinski definition) is 0. The standard InChI is InChI=1S/C19H35B/c1-16(2)8-4-9-17(3)10-7-15-20-18-11-5-12-19(20)14-6-13-18/h8,17-19H,4-7,9-15H2,1-3H3. The van der Waals surface area contributed by atoms with Gasteiger partial charge >= 0.3 is 0 Å². The molecule has 1 heteroatoms. The lowest BCUT2D eigenvalue weighted by molar-refractivity contribution is 0.435. The summed E-state index contributed by atoms with van der Waals surface area (Å²) in [6.07, 6.45) is 18.9. The van der Waals surface area contributed by atoms with Gasteiger partial charge in [0.2, 0.25) is 0 Å². The summed E-state index contributed by atoms with van der Waals surface area (Å²) >= 11 is 0. The minimum atomic E-state index is 0.925. The lowest BCUT2D eigenvalue weighted by Gasteiger charge is -2.40. The van der Waals surface area contributed by atoms with Crippen molar-refractivity contribution in [2.75, 3.05) is 0 Å². The van der Waals surface area contributed by atoms with Crippen molar-refractivity contribution in [2.24, 2.45) is 5.92 Å². The first-order valence-corrected chi connectivity index (χ1v) is 9.30. The van der Waals surface area contributed by atoms with Crippen LogP contribution >= 0.6 is 0 Å². The molecule has 0 aromatic heterocycles. The Morgan fingerprint density at radius 3 is 2.20 bits per heavy atom. The largest absolute Gasteiger partial charge is 0.146 e. The third kappa shape index (κ3) is 4.97. The van der Waals surface area contributed by atoms with Gasteiger partial charge in [-0.05, 0) is 32.6 Å². The van der Waals surface area contributed by atoms with Crippen molar-refractivity contribution in [2.45, 2.75) is 103 Å². The molecule has 2 bridgehead atoms. The highest BCUT2D eigenvalue weighted by Gasteiger charge is 2.38. The van der Waals surface area contributed by atoms with Crippen LogP contribution in [-0.2, 0) is 0 Å². The molecule has 0 aromatic rings. The third-order valence-electron chi connectivity index (χ3n) is 5.96. The second-order valence-corrected chi connectivity index (χ2v) is 7.94. The van der Waals surface area contributed by atoms with Crippen LogP contribution < -0.4 is 0 Å². The van der Waals surface area contributed by atoms with Crippen molar-refractivity contribution in [3.8, 4) is 0 Å². The van der Waals surface area contributed by atoms with Gasteiger partial charge in [0.25, 0.3) is 0 Å². The van der Waals surface area contributed by atoms with Crippen LogP contribution in [0.3, 0.4) is 0 Å². The van der Waals surface area contributed by atoms with Crippen LogP contribution in [0.15, 0.2) is 11.6 Å². The molecule has 2 aliphatic rings. The Bertz CT molecular complexity index is 281. The average Bonchev–Trinajstić information content (AvgIpc) is 2.38. The zero-order valence-electron chi connectivity index (χ0n) is 14.2. The van der Waals surface area contributed by atoms with Crippen molar-refractivity contribution in [1.29, 1.82) is 0 Å². The minimum absolute atomic E-state index is 0.925. The van der Waals surface area contributed by atoms with Crippen molar-refractivity contribution >= 4 is 6.71 Å². The van der Waals surface area contributed by atoms with Gasteiger partial charge in [-0.3, -0.25) is 0 Å². The van der Waals surface area contributed by atoms with E-state index in [0.717, 1.165) is 24.3 Å². The summed E-state index contributed by atoms with van der Waals surface area (Å²) in [6, 6.07) is 0. The number of fused-ring (bicyclic) bond motifs is 2. The van der Waals surface area contributed by atoms with Gasteiger partial charge in [-0.1, -0.05) is 87.9 Å². The van der Waals surface area contributed by atoms with Gasteiger partial charge in [0.05, 0.1) is 0 Å². The van der Waals surface area contributed by atoms with E-state index in [1.165, 1.54) is 44.1 Å². The molecule has 0 aliphatic carbocycles. The second-order valence-electron chi connectivity index (χ2n) is 7.94. The highest BCUT2D eigenvalue weighted by molar-refractivity contribution is 6.62. The first-order chi connectivity index (χ1) is 9.66. The van der Waals surface area contributed by atoms with Gasteiger partial charge in [-0.15, -0.1) is 0 Å². The molecule has 0 aromatic carbocycles. The van der Waals surface area contributed by atoms with E-state index >= 15 is 0 Å². The van der Waals surface area contributed by atoms with Crippen molar-refractivity contribution in [3.05, 3.63) is 11.6 Å². The molecule has 2 heterocycles. The van der Waals surface area contributed by atoms with Gasteiger partial charge in [0.15, 0.2) is 0 Å². The highest BCUT2D eigenvalue weighted by atomic mass is 14.2. The van der Waals surface area contributed by atoms with Gasteiger partial charge in [-0.2, -0.15) is 0 Å². The smallest absolute Gasteiger partial charge is 0.0859 e. The van der Waals surface area contributed by atoms with E-state index in [2.05, 4.69) is 26.8 Å². The highest BCUT2D eigenvalue weighted by Crippen LogP contribution is 2.48. The predicted molar refractivity (Wildman–Crippen MR) is 92.8 cm³/mol. The lowest BCUT2D eigenvalue weighted by atomic mass is 9.26. The van der Waals surface area contributed by atoms with E-state index in [-0.39, 0.29) is 0 Å². The van der Waals surface area contributed by atoms with Crippen LogP contribution in [0.5, 0.6) is 0 Å². The van der Waals surface area contributed by atoms with E-state index in [4.69, 9.17) is 0 Å². The topological polar surface area (TPSA) is 0 Å². The van der Waals surface area contributed by atoms with E-state index in [1.807, 2.05) is 0 Å². The van der Waals surface area contributed by atoms with E-state index < -0.39 is 0 Å². The maximum Gasteiger partial charge on any atom is 0.146 e. The third-order valence-corrected chi connectivity index (χ3v) is 5.96. The van der Waals surface area contributed by atoms with Crippen LogP contribution in [0.1, 0.15) is 85.0 Å². The van der Waals surface area contributed by atoms with Crippen molar-refractivity contribution in [1.82, 2.24) is 0 Å². The van der Waals surface area contributed by atoms with Gasteiger partial charge in [-0.25, -0.2) is 0 Å². The molecular weight excluding hydrogens is 239 g/mol. The van der Waals surface area contributed by atoms with Crippen LogP contribution in [0.2, 0.25) is 18.0 Å². The van der Waals surface area contributed by atoms with Gasteiger partial charge in [0.1, 0.15) is 6.71 Å². The van der Waals surface area contributed by atoms with Crippen LogP contribution in [0.4, 0.5) is 0 Å². The van der Waals surface area contributed by atoms with E-state index in [1.54, 1.807) is 32.0 Å². The summed E-state index contributed by atoms with van der Waals surface area (Å²) in [4.78, 5) is 0. The van der Waals surface area contributed by atoms with Gasteiger partial charge < -0.3 is 0 Å². The fraction of sp³-hybridized carbons (Fsp3) is 0.895. The molecular formula is C19H35B. The predicted octanol–water partition coefficient (Wildman–Crippen LogP) is 6.75. The monoisotopic (exact) mass is 274 g/mol. The molecule has 2 rings (SSSR count). The lowest BCUT2D eigenvalue weighted by Crippen LogP contribution is -2.34. The zero-order valence-corrected chi connectivity index (χ0v) is 14.2. The second kappa shape index (κ2) is 8.30. The molecule has 0 spiro atoms. The molecule has 0 nitrogen and oxygen atoms in total. The maximum atomic E-state index is 2.46. The Kier molecular flexibility index (Phi) is 6.71. The summed E-state index contributed by atoms with van der Waals surface area (Å²) in [6.45, 7) is 8.00. The van der Waals surface area contributed by atoms with Crippen LogP contribution in [0.25, 0.3) is 0 Å². The number of allylic oxidation sites excluding steroid dienone is 2. The fourth-order valence-electron chi connectivity index (χ4n) is 4.79. The summed E-state index contributed by atoms with van der Waals surface area (Å²) in [7, 11) is 0. The molecule has 20 heavy (non-hydrogen) atoms. The Balaban J connectivity index is 1.63. The number of rotatable bonds is 7. The maximum absolute atomic E-state index is 2.46. The summed E-state index contributed by atoms with van der Waals surface area (Å²) in [5, 5.41) is 0. The normalized spacial score (nSPS) is 27.2. The number of hydrogen-bond acceptors (Lipinski definition) is 0. The fourth-order valence-corrected chi connectivity index (χ4v) is 4.79. The minimum Gasteiger partial charge on any atom is -0.0859 e. The first-order valence-electron chi connectivity index (χ1n) is 9.30. The van der Waals surface area contributed by atoms with Gasteiger partial charge in [0, 0.05) is 0 Å². The molecule has 0 N–H and O–H groups in total. The van der Waals surface area contributed by atoms with E-state index in [0.29, 0.717) is 0 Å². The SMILES string of the molecule is CC(C)=CCCC(C)CCCB1C2CCCC1CCC2. The molecule has 2 saturated heterocycles. The Hall–Kier alpha value is -0.195. The first kappa shape index (κ1) is 16.2. The summed E-state index contributed by atoms with van der Waals surface area (Å²) in [5.74, 6) is 3.15. The molecule has 0 amide bonds. The molecule has 2 fully saturated rings.